The Hall–Kier alpha value is -0.680. The van der Waals surface area contributed by atoms with Crippen LogP contribution in [0.1, 0.15) is 26.2 Å². The number of nitrogens with zero attached hydrogens (tertiary/aromatic N) is 1. The van der Waals surface area contributed by atoms with Crippen LogP contribution in [-0.2, 0) is 9.59 Å². The van der Waals surface area contributed by atoms with Crippen molar-refractivity contribution in [2.75, 3.05) is 31.1 Å². The summed E-state index contributed by atoms with van der Waals surface area (Å²) in [5, 5.41) is 12.4. The highest BCUT2D eigenvalue weighted by molar-refractivity contribution is 8.04. The van der Waals surface area contributed by atoms with Crippen LogP contribution in [0.4, 0.5) is 0 Å². The highest BCUT2D eigenvalue weighted by Gasteiger charge is 2.40. The van der Waals surface area contributed by atoms with Crippen molar-refractivity contribution in [3.63, 3.8) is 0 Å². The highest BCUT2D eigenvalue weighted by Crippen LogP contribution is 2.34. The second-order valence-electron chi connectivity index (χ2n) is 7.65. The van der Waals surface area contributed by atoms with Gasteiger partial charge in [-0.1, -0.05) is 25.1 Å². The summed E-state index contributed by atoms with van der Waals surface area (Å²) in [4.78, 5) is 26.8. The van der Waals surface area contributed by atoms with E-state index in [9.17, 15) is 9.59 Å². The molecule has 0 radical (unpaired) electrons. The molecule has 29 heavy (non-hydrogen) atoms. The van der Waals surface area contributed by atoms with Gasteiger partial charge < -0.3 is 10.6 Å². The molecule has 3 saturated heterocycles. The quantitative estimate of drug-likeness (QED) is 0.420. The number of hydrogen-bond donors (Lipinski definition) is 4. The molecule has 4 heterocycles. The SMILES string of the molecule is CCCC[N+]1=CC2NC(C(=O)NC3SCCC3C(=O)NC3NCCS3)SC2=CC1. The Morgan fingerprint density at radius 2 is 2.14 bits per heavy atom. The zero-order chi connectivity index (χ0) is 20.2. The van der Waals surface area contributed by atoms with Crippen molar-refractivity contribution < 1.29 is 14.2 Å². The predicted molar refractivity (Wildman–Crippen MR) is 122 cm³/mol. The average molecular weight is 457 g/mol. The molecular formula is C19H30N5O2S3+. The fraction of sp³-hybridized carbons (Fsp3) is 0.737. The van der Waals surface area contributed by atoms with Crippen LogP contribution >= 0.6 is 35.3 Å². The largest absolute Gasteiger partial charge is 0.341 e. The van der Waals surface area contributed by atoms with Crippen molar-refractivity contribution in [3.05, 3.63) is 11.0 Å². The Bertz CT molecular complexity index is 695. The molecule has 0 bridgehead atoms. The number of unbranched alkanes of at least 4 members (excludes halogenated alkanes) is 1. The van der Waals surface area contributed by atoms with Crippen molar-refractivity contribution in [3.8, 4) is 0 Å². The molecule has 4 aliphatic heterocycles. The van der Waals surface area contributed by atoms with Crippen LogP contribution in [0.25, 0.3) is 0 Å². The van der Waals surface area contributed by atoms with Gasteiger partial charge in [-0.3, -0.25) is 20.2 Å². The molecule has 0 saturated carbocycles. The number of carbonyl (C=O) groups excluding carboxylic acids is 2. The third-order valence-electron chi connectivity index (χ3n) is 5.52. The fourth-order valence-electron chi connectivity index (χ4n) is 3.89. The van der Waals surface area contributed by atoms with Gasteiger partial charge in [-0.25, -0.2) is 4.58 Å². The lowest BCUT2D eigenvalue weighted by molar-refractivity contribution is -0.516. The number of carbonyl (C=O) groups is 2. The third-order valence-corrected chi connectivity index (χ3v) is 9.13. The smallest absolute Gasteiger partial charge is 0.248 e. The average Bonchev–Trinajstić information content (AvgIpc) is 3.46. The van der Waals surface area contributed by atoms with E-state index in [4.69, 9.17) is 0 Å². The number of thioether (sulfide) groups is 3. The fourth-order valence-corrected chi connectivity index (χ4v) is 7.24. The minimum Gasteiger partial charge on any atom is -0.341 e. The van der Waals surface area contributed by atoms with Gasteiger partial charge in [0.25, 0.3) is 0 Å². The van der Waals surface area contributed by atoms with Gasteiger partial charge in [-0.2, -0.15) is 0 Å². The lowest BCUT2D eigenvalue weighted by Crippen LogP contribution is -2.50. The first-order valence-corrected chi connectivity index (χ1v) is 13.4. The van der Waals surface area contributed by atoms with Gasteiger partial charge in [-0.15, -0.1) is 23.5 Å². The maximum Gasteiger partial charge on any atom is 0.248 e. The van der Waals surface area contributed by atoms with E-state index >= 15 is 0 Å². The second-order valence-corrected chi connectivity index (χ2v) is 11.3. The number of hydrogen-bond acceptors (Lipinski definition) is 7. The zero-order valence-corrected chi connectivity index (χ0v) is 19.1. The maximum atomic E-state index is 12.9. The number of amides is 2. The van der Waals surface area contributed by atoms with Gasteiger partial charge in [0, 0.05) is 23.6 Å². The molecule has 7 nitrogen and oxygen atoms in total. The van der Waals surface area contributed by atoms with E-state index in [1.54, 1.807) is 35.3 Å². The molecule has 2 amide bonds. The van der Waals surface area contributed by atoms with Crippen LogP contribution in [0.3, 0.4) is 0 Å². The summed E-state index contributed by atoms with van der Waals surface area (Å²) < 4.78 is 2.33. The standard InChI is InChI=1S/C19H29N5O2S3/c1-2-3-7-24-8-4-14-13(11-24)21-18(29-14)16(26)22-17-12(5-9-27-17)15(25)23-19-20-6-10-28-19/h4,11-13,17-21H,2-3,5-10H2,1H3,(H-,22,23,25,26)/p+1. The molecule has 4 aliphatic rings. The Morgan fingerprint density at radius 3 is 2.93 bits per heavy atom. The summed E-state index contributed by atoms with van der Waals surface area (Å²) in [5.74, 6) is 1.75. The Kier molecular flexibility index (Phi) is 7.49. The molecular weight excluding hydrogens is 426 g/mol. The van der Waals surface area contributed by atoms with Gasteiger partial charge in [0.2, 0.25) is 11.8 Å². The highest BCUT2D eigenvalue weighted by atomic mass is 32.2. The molecule has 0 aromatic carbocycles. The van der Waals surface area contributed by atoms with Crippen LogP contribution in [0, 0.1) is 5.92 Å². The molecule has 5 unspecified atom stereocenters. The summed E-state index contributed by atoms with van der Waals surface area (Å²) in [7, 11) is 0. The minimum absolute atomic E-state index is 0.00207. The van der Waals surface area contributed by atoms with E-state index < -0.39 is 0 Å². The molecule has 3 fully saturated rings. The summed E-state index contributed by atoms with van der Waals surface area (Å²) >= 11 is 4.99. The molecule has 160 valence electrons. The second kappa shape index (κ2) is 10.1. The van der Waals surface area contributed by atoms with Crippen molar-refractivity contribution in [2.24, 2.45) is 5.92 Å². The van der Waals surface area contributed by atoms with E-state index in [1.165, 1.54) is 17.7 Å². The van der Waals surface area contributed by atoms with Crippen LogP contribution < -0.4 is 21.3 Å². The third kappa shape index (κ3) is 5.33. The first kappa shape index (κ1) is 21.5. The van der Waals surface area contributed by atoms with Crippen LogP contribution in [0.2, 0.25) is 0 Å². The molecule has 4 rings (SSSR count). The van der Waals surface area contributed by atoms with Crippen LogP contribution in [-0.4, -0.2) is 76.0 Å². The Labute approximate surface area is 185 Å². The molecule has 0 aliphatic carbocycles. The van der Waals surface area contributed by atoms with Gasteiger partial charge in [0.05, 0.1) is 11.3 Å². The van der Waals surface area contributed by atoms with Gasteiger partial charge in [0.1, 0.15) is 23.5 Å². The summed E-state index contributed by atoms with van der Waals surface area (Å²) in [6, 6.07) is 0.127. The molecule has 0 aromatic heterocycles. The summed E-state index contributed by atoms with van der Waals surface area (Å²) in [6.45, 7) is 5.10. The predicted octanol–water partition coefficient (Wildman–Crippen LogP) is 0.730. The molecule has 0 spiro atoms. The van der Waals surface area contributed by atoms with Crippen molar-refractivity contribution >= 4 is 53.3 Å². The number of rotatable bonds is 7. The lowest BCUT2D eigenvalue weighted by atomic mass is 10.1. The number of nitrogens with one attached hydrogen (secondary N) is 4. The van der Waals surface area contributed by atoms with E-state index in [0.717, 1.165) is 37.6 Å². The van der Waals surface area contributed by atoms with Gasteiger partial charge >= 0.3 is 0 Å². The Morgan fingerprint density at radius 1 is 1.24 bits per heavy atom. The van der Waals surface area contributed by atoms with Crippen molar-refractivity contribution in [1.29, 1.82) is 0 Å². The van der Waals surface area contributed by atoms with E-state index in [2.05, 4.69) is 45.1 Å². The van der Waals surface area contributed by atoms with Crippen LogP contribution in [0.15, 0.2) is 11.0 Å². The van der Waals surface area contributed by atoms with E-state index in [1.807, 2.05) is 0 Å². The van der Waals surface area contributed by atoms with Crippen molar-refractivity contribution in [1.82, 2.24) is 21.3 Å². The first-order valence-electron chi connectivity index (χ1n) is 10.4. The number of fused-ring (bicyclic) bond motifs is 1. The maximum absolute atomic E-state index is 12.9. The molecule has 5 atom stereocenters. The topological polar surface area (TPSA) is 85.3 Å². The summed E-state index contributed by atoms with van der Waals surface area (Å²) in [5.41, 5.74) is -0.00207. The molecule has 0 aromatic rings. The van der Waals surface area contributed by atoms with E-state index in [-0.39, 0.29) is 40.0 Å². The lowest BCUT2D eigenvalue weighted by Gasteiger charge is -2.23. The zero-order valence-electron chi connectivity index (χ0n) is 16.7. The summed E-state index contributed by atoms with van der Waals surface area (Å²) in [6.07, 6.45) is 7.62. The first-order chi connectivity index (χ1) is 14.1. The normalized spacial score (nSPS) is 33.8. The van der Waals surface area contributed by atoms with Gasteiger partial charge in [-0.05, 0) is 18.2 Å². The van der Waals surface area contributed by atoms with Gasteiger partial charge in [0.15, 0.2) is 12.8 Å². The van der Waals surface area contributed by atoms with Crippen LogP contribution in [0.5, 0.6) is 0 Å². The Balaban J connectivity index is 1.30. The molecule has 10 heteroatoms. The minimum atomic E-state index is -0.300. The molecule has 4 N–H and O–H groups in total. The monoisotopic (exact) mass is 456 g/mol. The van der Waals surface area contributed by atoms with Crippen molar-refractivity contribution in [2.45, 2.75) is 48.5 Å². The van der Waals surface area contributed by atoms with E-state index in [0.29, 0.717) is 0 Å².